The number of rotatable bonds is 1. The Morgan fingerprint density at radius 3 is 3.17 bits per heavy atom. The zero-order chi connectivity index (χ0) is 8.55. The van der Waals surface area contributed by atoms with Gasteiger partial charge in [0, 0.05) is 0 Å². The molecule has 0 aromatic carbocycles. The van der Waals surface area contributed by atoms with E-state index in [4.69, 9.17) is 11.6 Å². The molecular formula is C7H6ClN3S. The van der Waals surface area contributed by atoms with Gasteiger partial charge < -0.3 is 0 Å². The highest BCUT2D eigenvalue weighted by Crippen LogP contribution is 2.17. The fraction of sp³-hybridized carbons (Fsp3) is 0.143. The summed E-state index contributed by atoms with van der Waals surface area (Å²) in [5.74, 6) is 0. The molecule has 0 amide bonds. The zero-order valence-corrected chi connectivity index (χ0v) is 7.93. The molecule has 12 heavy (non-hydrogen) atoms. The highest BCUT2D eigenvalue weighted by atomic mass is 35.5. The molecule has 0 bridgehead atoms. The topological polar surface area (TPSA) is 30.2 Å². The smallest absolute Gasteiger partial charge is 0.211 e. The molecule has 0 saturated heterocycles. The Kier molecular flexibility index (Phi) is 1.94. The van der Waals surface area contributed by atoms with Crippen LogP contribution in [0.2, 0.25) is 5.28 Å². The number of nitrogens with zero attached hydrogens (tertiary/aromatic N) is 3. The lowest BCUT2D eigenvalue weighted by molar-refractivity contribution is 0.894. The highest BCUT2D eigenvalue weighted by molar-refractivity contribution is 7.98. The molecule has 2 rings (SSSR count). The second-order valence-electron chi connectivity index (χ2n) is 2.24. The maximum absolute atomic E-state index is 5.86. The Labute approximate surface area is 78.7 Å². The molecule has 0 saturated carbocycles. The summed E-state index contributed by atoms with van der Waals surface area (Å²) < 4.78 is 1.60. The molecule has 2 aromatic heterocycles. The van der Waals surface area contributed by atoms with Crippen LogP contribution in [0.5, 0.6) is 0 Å². The first kappa shape index (κ1) is 7.89. The van der Waals surface area contributed by atoms with E-state index < -0.39 is 0 Å². The van der Waals surface area contributed by atoms with E-state index >= 15 is 0 Å². The van der Waals surface area contributed by atoms with E-state index in [1.165, 1.54) is 0 Å². The molecule has 0 aliphatic heterocycles. The van der Waals surface area contributed by atoms with E-state index in [0.717, 1.165) is 10.5 Å². The van der Waals surface area contributed by atoms with Gasteiger partial charge in [-0.05, 0) is 30.0 Å². The average molecular weight is 200 g/mol. The molecule has 0 fully saturated rings. The van der Waals surface area contributed by atoms with Gasteiger partial charge in [0.05, 0.1) is 11.7 Å². The Hall–Kier alpha value is -0.740. The lowest BCUT2D eigenvalue weighted by atomic mass is 10.5. The van der Waals surface area contributed by atoms with Crippen molar-refractivity contribution in [3.63, 3.8) is 0 Å². The first-order valence-corrected chi connectivity index (χ1v) is 4.96. The molecule has 3 nitrogen and oxygen atoms in total. The number of fused-ring (bicyclic) bond motifs is 1. The van der Waals surface area contributed by atoms with Gasteiger partial charge in [-0.2, -0.15) is 5.10 Å². The zero-order valence-electron chi connectivity index (χ0n) is 6.36. The summed E-state index contributed by atoms with van der Waals surface area (Å²) in [6, 6.07) is 3.84. The van der Waals surface area contributed by atoms with Crippen molar-refractivity contribution in [2.24, 2.45) is 0 Å². The third-order valence-corrected chi connectivity index (χ3v) is 2.40. The Bertz CT molecular complexity index is 412. The average Bonchev–Trinajstić information content (AvgIpc) is 2.52. The number of aromatic nitrogens is 3. The van der Waals surface area contributed by atoms with E-state index in [9.17, 15) is 0 Å². The SMILES string of the molecule is CSc1cc2ccnn2c(Cl)n1. The monoisotopic (exact) mass is 199 g/mol. The first-order chi connectivity index (χ1) is 5.81. The van der Waals surface area contributed by atoms with Gasteiger partial charge in [-0.25, -0.2) is 9.50 Å². The Morgan fingerprint density at radius 2 is 2.42 bits per heavy atom. The maximum atomic E-state index is 5.86. The summed E-state index contributed by atoms with van der Waals surface area (Å²) in [5, 5.41) is 5.32. The molecule has 0 N–H and O–H groups in total. The lowest BCUT2D eigenvalue weighted by Crippen LogP contribution is -1.93. The predicted octanol–water partition coefficient (Wildman–Crippen LogP) is 2.10. The van der Waals surface area contributed by atoms with Crippen molar-refractivity contribution in [2.75, 3.05) is 6.26 Å². The van der Waals surface area contributed by atoms with Crippen molar-refractivity contribution in [2.45, 2.75) is 5.03 Å². The molecule has 0 atom stereocenters. The third kappa shape index (κ3) is 1.17. The number of halogens is 1. The molecule has 0 aliphatic rings. The van der Waals surface area contributed by atoms with Crippen LogP contribution in [0.1, 0.15) is 0 Å². The van der Waals surface area contributed by atoms with Gasteiger partial charge in [0.25, 0.3) is 0 Å². The van der Waals surface area contributed by atoms with Gasteiger partial charge in [0.15, 0.2) is 0 Å². The summed E-state index contributed by atoms with van der Waals surface area (Å²) >= 11 is 7.42. The fourth-order valence-corrected chi connectivity index (χ4v) is 1.68. The van der Waals surface area contributed by atoms with Crippen LogP contribution in [-0.2, 0) is 0 Å². The second kappa shape index (κ2) is 2.95. The normalized spacial score (nSPS) is 10.8. The predicted molar refractivity (Wildman–Crippen MR) is 49.8 cm³/mol. The Balaban J connectivity index is 2.75. The van der Waals surface area contributed by atoms with E-state index in [-0.39, 0.29) is 0 Å². The van der Waals surface area contributed by atoms with Crippen molar-refractivity contribution in [1.82, 2.24) is 14.6 Å². The van der Waals surface area contributed by atoms with Gasteiger partial charge in [-0.15, -0.1) is 11.8 Å². The Morgan fingerprint density at radius 1 is 1.58 bits per heavy atom. The van der Waals surface area contributed by atoms with E-state index in [0.29, 0.717) is 5.28 Å². The van der Waals surface area contributed by atoms with E-state index in [1.54, 1.807) is 22.5 Å². The molecule has 2 heterocycles. The van der Waals surface area contributed by atoms with Crippen molar-refractivity contribution < 1.29 is 0 Å². The largest absolute Gasteiger partial charge is 0.225 e. The standard InChI is InChI=1S/C7H6ClN3S/c1-12-6-4-5-2-3-9-11(5)7(8)10-6/h2-4H,1H3. The van der Waals surface area contributed by atoms with Gasteiger partial charge >= 0.3 is 0 Å². The fourth-order valence-electron chi connectivity index (χ4n) is 0.979. The van der Waals surface area contributed by atoms with Gasteiger partial charge in [-0.3, -0.25) is 0 Å². The van der Waals surface area contributed by atoms with Crippen LogP contribution in [0.25, 0.3) is 5.52 Å². The van der Waals surface area contributed by atoms with Crippen LogP contribution in [0.15, 0.2) is 23.4 Å². The molecule has 62 valence electrons. The second-order valence-corrected chi connectivity index (χ2v) is 3.40. The highest BCUT2D eigenvalue weighted by Gasteiger charge is 2.02. The quantitative estimate of drug-likeness (QED) is 0.400. The number of thioether (sulfide) groups is 1. The first-order valence-electron chi connectivity index (χ1n) is 3.35. The van der Waals surface area contributed by atoms with Crippen LogP contribution in [-0.4, -0.2) is 20.9 Å². The van der Waals surface area contributed by atoms with Crippen molar-refractivity contribution in [3.05, 3.63) is 23.6 Å². The van der Waals surface area contributed by atoms with Crippen molar-refractivity contribution >= 4 is 28.9 Å². The van der Waals surface area contributed by atoms with Crippen LogP contribution >= 0.6 is 23.4 Å². The molecule has 2 aromatic rings. The summed E-state index contributed by atoms with van der Waals surface area (Å²) in [4.78, 5) is 4.12. The van der Waals surface area contributed by atoms with E-state index in [1.807, 2.05) is 18.4 Å². The number of hydrogen-bond donors (Lipinski definition) is 0. The lowest BCUT2D eigenvalue weighted by Gasteiger charge is -1.98. The third-order valence-electron chi connectivity index (χ3n) is 1.53. The van der Waals surface area contributed by atoms with Crippen LogP contribution in [0.4, 0.5) is 0 Å². The van der Waals surface area contributed by atoms with Crippen molar-refractivity contribution in [3.8, 4) is 0 Å². The molecule has 0 radical (unpaired) electrons. The minimum absolute atomic E-state index is 0.404. The van der Waals surface area contributed by atoms with Gasteiger partial charge in [0.2, 0.25) is 5.28 Å². The summed E-state index contributed by atoms with van der Waals surface area (Å²) in [5.41, 5.74) is 0.972. The molecule has 0 unspecified atom stereocenters. The summed E-state index contributed by atoms with van der Waals surface area (Å²) in [6.07, 6.45) is 3.67. The number of hydrogen-bond acceptors (Lipinski definition) is 3. The van der Waals surface area contributed by atoms with Crippen LogP contribution < -0.4 is 0 Å². The maximum Gasteiger partial charge on any atom is 0.225 e. The van der Waals surface area contributed by atoms with E-state index in [2.05, 4.69) is 10.1 Å². The molecule has 0 aliphatic carbocycles. The van der Waals surface area contributed by atoms with Gasteiger partial charge in [0.1, 0.15) is 5.03 Å². The summed E-state index contributed by atoms with van der Waals surface area (Å²) in [7, 11) is 0. The molecule has 5 heteroatoms. The minimum atomic E-state index is 0.404. The van der Waals surface area contributed by atoms with Crippen LogP contribution in [0.3, 0.4) is 0 Å². The molecular weight excluding hydrogens is 194 g/mol. The van der Waals surface area contributed by atoms with Crippen LogP contribution in [0, 0.1) is 0 Å². The van der Waals surface area contributed by atoms with Gasteiger partial charge in [-0.1, -0.05) is 0 Å². The molecule has 0 spiro atoms. The van der Waals surface area contributed by atoms with Crippen molar-refractivity contribution in [1.29, 1.82) is 0 Å². The summed E-state index contributed by atoms with van der Waals surface area (Å²) in [6.45, 7) is 0. The minimum Gasteiger partial charge on any atom is -0.211 e.